The first kappa shape index (κ1) is 24.7. The predicted molar refractivity (Wildman–Crippen MR) is 140 cm³/mol. The smallest absolute Gasteiger partial charge is 0.338 e. The minimum Gasteiger partial charge on any atom is -0.465 e. The van der Waals surface area contributed by atoms with Crippen molar-refractivity contribution in [3.05, 3.63) is 101 Å². The molecule has 188 valence electrons. The second-order valence-electron chi connectivity index (χ2n) is 8.06. The van der Waals surface area contributed by atoms with Gasteiger partial charge in [-0.3, -0.25) is 9.36 Å². The Morgan fingerprint density at radius 3 is 2.68 bits per heavy atom. The van der Waals surface area contributed by atoms with Gasteiger partial charge in [-0.1, -0.05) is 35.6 Å². The van der Waals surface area contributed by atoms with Crippen molar-refractivity contribution in [3.8, 4) is 11.3 Å². The topological polar surface area (TPSA) is 100 Å². The zero-order valence-electron chi connectivity index (χ0n) is 20.2. The summed E-state index contributed by atoms with van der Waals surface area (Å²) < 4.78 is 18.1. The Kier molecular flexibility index (Phi) is 6.77. The average Bonchev–Trinajstić information content (AvgIpc) is 3.65. The molecule has 0 aliphatic carbocycles. The van der Waals surface area contributed by atoms with Crippen LogP contribution in [-0.2, 0) is 14.3 Å². The molecule has 37 heavy (non-hydrogen) atoms. The molecule has 0 saturated heterocycles. The van der Waals surface area contributed by atoms with E-state index in [1.165, 1.54) is 34.4 Å². The predicted octanol–water partition coefficient (Wildman–Crippen LogP) is 3.91. The van der Waals surface area contributed by atoms with Crippen molar-refractivity contribution in [2.75, 3.05) is 13.7 Å². The Bertz CT molecular complexity index is 1710. The van der Waals surface area contributed by atoms with Crippen LogP contribution in [0.1, 0.15) is 40.9 Å². The van der Waals surface area contributed by atoms with Crippen LogP contribution in [0.4, 0.5) is 0 Å². The van der Waals surface area contributed by atoms with E-state index >= 15 is 0 Å². The molecule has 1 aliphatic rings. The first-order valence-corrected chi connectivity index (χ1v) is 13.1. The summed E-state index contributed by atoms with van der Waals surface area (Å²) >= 11 is 2.68. The van der Waals surface area contributed by atoms with Gasteiger partial charge in [-0.2, -0.15) is 0 Å². The van der Waals surface area contributed by atoms with Crippen molar-refractivity contribution in [1.29, 1.82) is 0 Å². The summed E-state index contributed by atoms with van der Waals surface area (Å²) in [4.78, 5) is 44.6. The molecular weight excluding hydrogens is 512 g/mol. The number of carbonyl (C=O) groups excluding carboxylic acids is 2. The number of allylic oxidation sites excluding steroid dienone is 1. The van der Waals surface area contributed by atoms with E-state index in [4.69, 9.17) is 13.9 Å². The highest BCUT2D eigenvalue weighted by Gasteiger charge is 2.33. The van der Waals surface area contributed by atoms with Crippen LogP contribution in [-0.4, -0.2) is 30.2 Å². The molecule has 1 aromatic carbocycles. The molecule has 3 aromatic heterocycles. The first-order valence-electron chi connectivity index (χ1n) is 11.4. The van der Waals surface area contributed by atoms with Crippen LogP contribution in [0, 0.1) is 0 Å². The van der Waals surface area contributed by atoms with Gasteiger partial charge < -0.3 is 13.9 Å². The van der Waals surface area contributed by atoms with Gasteiger partial charge in [0.25, 0.3) is 5.56 Å². The van der Waals surface area contributed by atoms with E-state index in [2.05, 4.69) is 4.99 Å². The van der Waals surface area contributed by atoms with Crippen molar-refractivity contribution in [3.63, 3.8) is 0 Å². The number of methoxy groups -OCH3 is 1. The summed E-state index contributed by atoms with van der Waals surface area (Å²) in [5.41, 5.74) is 1.54. The van der Waals surface area contributed by atoms with E-state index in [1.54, 1.807) is 56.3 Å². The number of hydrogen-bond acceptors (Lipinski definition) is 9. The Morgan fingerprint density at radius 2 is 1.95 bits per heavy atom. The Balaban J connectivity index is 1.61. The second-order valence-corrected chi connectivity index (χ2v) is 10.0. The Labute approximate surface area is 219 Å². The van der Waals surface area contributed by atoms with Gasteiger partial charge in [0.05, 0.1) is 35.1 Å². The molecule has 8 nitrogen and oxygen atoms in total. The van der Waals surface area contributed by atoms with E-state index in [9.17, 15) is 14.4 Å². The monoisotopic (exact) mass is 534 g/mol. The molecule has 1 atom stereocenters. The van der Waals surface area contributed by atoms with Crippen LogP contribution < -0.4 is 14.9 Å². The highest BCUT2D eigenvalue weighted by Crippen LogP contribution is 2.33. The molecule has 0 spiro atoms. The molecule has 0 unspecified atom stereocenters. The van der Waals surface area contributed by atoms with Crippen LogP contribution in [0.15, 0.2) is 79.4 Å². The maximum Gasteiger partial charge on any atom is 0.338 e. The Morgan fingerprint density at radius 1 is 1.14 bits per heavy atom. The highest BCUT2D eigenvalue weighted by atomic mass is 32.1. The van der Waals surface area contributed by atoms with Gasteiger partial charge in [0.2, 0.25) is 0 Å². The van der Waals surface area contributed by atoms with Gasteiger partial charge in [0.1, 0.15) is 17.6 Å². The van der Waals surface area contributed by atoms with Crippen LogP contribution in [0.5, 0.6) is 0 Å². The number of thiophene rings is 1. The lowest BCUT2D eigenvalue weighted by Gasteiger charge is -2.23. The number of ether oxygens (including phenoxy) is 2. The maximum absolute atomic E-state index is 13.6. The molecule has 0 N–H and O–H groups in total. The number of fused-ring (bicyclic) bond motifs is 1. The quantitative estimate of drug-likeness (QED) is 0.348. The minimum absolute atomic E-state index is 0.219. The molecule has 5 rings (SSSR count). The van der Waals surface area contributed by atoms with Gasteiger partial charge in [0, 0.05) is 16.5 Å². The largest absolute Gasteiger partial charge is 0.465 e. The van der Waals surface area contributed by atoms with E-state index in [0.29, 0.717) is 43.3 Å². The standard InChI is InChI=1S/C27H22N2O6S2/c1-4-34-26(32)22-15(2)28-27-29(23(22)20-10-7-13-36-20)24(30)21(37-27)14-16-11-12-19(35-16)17-8-5-6-9-18(17)25(31)33-3/h5-14,23H,4H2,1-3H3/b21-14-/t23-/m0/s1. The van der Waals surface area contributed by atoms with Gasteiger partial charge in [0.15, 0.2) is 4.80 Å². The van der Waals surface area contributed by atoms with Gasteiger partial charge in [-0.05, 0) is 43.5 Å². The minimum atomic E-state index is -0.628. The molecular formula is C27H22N2O6S2. The molecule has 1 aliphatic heterocycles. The van der Waals surface area contributed by atoms with E-state index in [-0.39, 0.29) is 12.2 Å². The molecule has 0 fully saturated rings. The third kappa shape index (κ3) is 4.49. The summed E-state index contributed by atoms with van der Waals surface area (Å²) in [7, 11) is 1.32. The first-order chi connectivity index (χ1) is 17.9. The number of carbonyl (C=O) groups is 2. The lowest BCUT2D eigenvalue weighted by atomic mass is 10.0. The fraction of sp³-hybridized carbons (Fsp3) is 0.185. The SMILES string of the molecule is CCOC(=O)C1=C(C)N=c2s/c(=C\c3ccc(-c4ccccc4C(=O)OC)o3)c(=O)n2[C@H]1c1cccs1. The van der Waals surface area contributed by atoms with Gasteiger partial charge >= 0.3 is 11.9 Å². The number of thiazole rings is 1. The summed E-state index contributed by atoms with van der Waals surface area (Å²) in [5.74, 6) is -0.0505. The molecule has 0 radical (unpaired) electrons. The molecule has 10 heteroatoms. The fourth-order valence-electron chi connectivity index (χ4n) is 4.20. The zero-order valence-corrected chi connectivity index (χ0v) is 21.9. The van der Waals surface area contributed by atoms with Crippen LogP contribution in [0.3, 0.4) is 0 Å². The summed E-state index contributed by atoms with van der Waals surface area (Å²) in [6, 6.07) is 13.6. The number of esters is 2. The molecule has 4 aromatic rings. The van der Waals surface area contributed by atoms with Gasteiger partial charge in [-0.15, -0.1) is 11.3 Å². The van der Waals surface area contributed by atoms with Gasteiger partial charge in [-0.25, -0.2) is 14.6 Å². The summed E-state index contributed by atoms with van der Waals surface area (Å²) in [6.07, 6.45) is 1.64. The summed E-state index contributed by atoms with van der Waals surface area (Å²) in [6.45, 7) is 3.71. The average molecular weight is 535 g/mol. The third-order valence-corrected chi connectivity index (χ3v) is 7.74. The van der Waals surface area contributed by atoms with E-state index in [0.717, 1.165) is 4.88 Å². The normalized spacial score (nSPS) is 15.3. The van der Waals surface area contributed by atoms with Crippen LogP contribution >= 0.6 is 22.7 Å². The van der Waals surface area contributed by atoms with Crippen molar-refractivity contribution < 1.29 is 23.5 Å². The second kappa shape index (κ2) is 10.2. The lowest BCUT2D eigenvalue weighted by Crippen LogP contribution is -2.39. The highest BCUT2D eigenvalue weighted by molar-refractivity contribution is 7.10. The number of benzene rings is 1. The number of aromatic nitrogens is 1. The molecule has 4 heterocycles. The van der Waals surface area contributed by atoms with E-state index < -0.39 is 18.0 Å². The fourth-order valence-corrected chi connectivity index (χ4v) is 6.05. The zero-order chi connectivity index (χ0) is 26.1. The number of rotatable bonds is 6. The lowest BCUT2D eigenvalue weighted by molar-refractivity contribution is -0.139. The molecule has 0 amide bonds. The van der Waals surface area contributed by atoms with Crippen LogP contribution in [0.2, 0.25) is 0 Å². The van der Waals surface area contributed by atoms with Crippen LogP contribution in [0.25, 0.3) is 17.4 Å². The van der Waals surface area contributed by atoms with E-state index in [1.807, 2.05) is 17.5 Å². The van der Waals surface area contributed by atoms with Crippen molar-refractivity contribution in [1.82, 2.24) is 4.57 Å². The number of nitrogens with zero attached hydrogens (tertiary/aromatic N) is 2. The Hall–Kier alpha value is -4.02. The third-order valence-electron chi connectivity index (χ3n) is 5.83. The van der Waals surface area contributed by atoms with Crippen molar-refractivity contribution in [2.24, 2.45) is 4.99 Å². The number of furan rings is 1. The molecule has 0 saturated carbocycles. The summed E-state index contributed by atoms with van der Waals surface area (Å²) in [5, 5.41) is 1.90. The number of hydrogen-bond donors (Lipinski definition) is 0. The molecule has 0 bridgehead atoms. The van der Waals surface area contributed by atoms with Crippen molar-refractivity contribution >= 4 is 40.7 Å². The van der Waals surface area contributed by atoms with Crippen molar-refractivity contribution in [2.45, 2.75) is 19.9 Å². The maximum atomic E-state index is 13.6.